The summed E-state index contributed by atoms with van der Waals surface area (Å²) in [5.41, 5.74) is 1.05. The molecule has 1 atom stereocenters. The standard InChI is InChI=1S/C14H19NO2/c1-15-8-7-13(10-15)9-14(16)17-11-12-5-3-2-4-6-12/h2-6,13H,7-11H2,1H3/t13-/m0/s1. The summed E-state index contributed by atoms with van der Waals surface area (Å²) < 4.78 is 5.27. The topological polar surface area (TPSA) is 29.5 Å². The average Bonchev–Trinajstić information content (AvgIpc) is 2.73. The number of ether oxygens (including phenoxy) is 1. The van der Waals surface area contributed by atoms with E-state index < -0.39 is 0 Å². The Balaban J connectivity index is 1.71. The van der Waals surface area contributed by atoms with Crippen molar-refractivity contribution < 1.29 is 9.53 Å². The van der Waals surface area contributed by atoms with E-state index in [2.05, 4.69) is 11.9 Å². The molecule has 0 amide bonds. The molecule has 2 rings (SSSR count). The lowest BCUT2D eigenvalue weighted by atomic mass is 10.1. The van der Waals surface area contributed by atoms with Crippen molar-refractivity contribution in [1.82, 2.24) is 4.90 Å². The first-order chi connectivity index (χ1) is 8.24. The number of rotatable bonds is 4. The van der Waals surface area contributed by atoms with Crippen LogP contribution >= 0.6 is 0 Å². The molecule has 3 nitrogen and oxygen atoms in total. The average molecular weight is 233 g/mol. The third-order valence-electron chi connectivity index (χ3n) is 3.19. The van der Waals surface area contributed by atoms with E-state index in [1.165, 1.54) is 0 Å². The summed E-state index contributed by atoms with van der Waals surface area (Å²) in [6.07, 6.45) is 1.66. The van der Waals surface area contributed by atoms with Crippen LogP contribution in [-0.4, -0.2) is 31.0 Å². The number of carbonyl (C=O) groups excluding carboxylic acids is 1. The van der Waals surface area contributed by atoms with Gasteiger partial charge in [0, 0.05) is 13.0 Å². The Morgan fingerprint density at radius 1 is 1.41 bits per heavy atom. The minimum absolute atomic E-state index is 0.0749. The van der Waals surface area contributed by atoms with E-state index in [1.807, 2.05) is 30.3 Å². The van der Waals surface area contributed by atoms with Crippen molar-refractivity contribution in [2.24, 2.45) is 5.92 Å². The van der Waals surface area contributed by atoms with Crippen LogP contribution in [0.4, 0.5) is 0 Å². The smallest absolute Gasteiger partial charge is 0.306 e. The van der Waals surface area contributed by atoms with Gasteiger partial charge in [0.05, 0.1) is 0 Å². The maximum absolute atomic E-state index is 11.6. The third kappa shape index (κ3) is 3.86. The highest BCUT2D eigenvalue weighted by Gasteiger charge is 2.22. The van der Waals surface area contributed by atoms with Crippen molar-refractivity contribution in [3.63, 3.8) is 0 Å². The number of hydrogen-bond acceptors (Lipinski definition) is 3. The van der Waals surface area contributed by atoms with Gasteiger partial charge >= 0.3 is 5.97 Å². The fourth-order valence-electron chi connectivity index (χ4n) is 2.23. The molecule has 0 unspecified atom stereocenters. The first-order valence-electron chi connectivity index (χ1n) is 6.12. The van der Waals surface area contributed by atoms with Crippen LogP contribution in [-0.2, 0) is 16.1 Å². The normalized spacial score (nSPS) is 20.4. The molecule has 1 aliphatic heterocycles. The number of carbonyl (C=O) groups is 1. The predicted octanol–water partition coefficient (Wildman–Crippen LogP) is 2.07. The van der Waals surface area contributed by atoms with Gasteiger partial charge in [0.1, 0.15) is 6.61 Å². The van der Waals surface area contributed by atoms with Crippen LogP contribution in [0.1, 0.15) is 18.4 Å². The van der Waals surface area contributed by atoms with E-state index in [4.69, 9.17) is 4.74 Å². The highest BCUT2D eigenvalue weighted by atomic mass is 16.5. The highest BCUT2D eigenvalue weighted by Crippen LogP contribution is 2.18. The van der Waals surface area contributed by atoms with Gasteiger partial charge in [0.15, 0.2) is 0 Å². The largest absolute Gasteiger partial charge is 0.461 e. The van der Waals surface area contributed by atoms with Crippen LogP contribution in [0.25, 0.3) is 0 Å². The molecule has 1 aromatic rings. The minimum atomic E-state index is -0.0749. The van der Waals surface area contributed by atoms with Crippen molar-refractivity contribution >= 4 is 5.97 Å². The molecule has 92 valence electrons. The molecule has 0 aromatic heterocycles. The first kappa shape index (κ1) is 12.1. The van der Waals surface area contributed by atoms with E-state index in [1.54, 1.807) is 0 Å². The number of likely N-dealkylation sites (tertiary alicyclic amines) is 1. The van der Waals surface area contributed by atoms with Gasteiger partial charge in [-0.25, -0.2) is 0 Å². The second-order valence-electron chi connectivity index (χ2n) is 4.77. The first-order valence-corrected chi connectivity index (χ1v) is 6.12. The molecule has 1 aromatic carbocycles. The Labute approximate surface area is 102 Å². The lowest BCUT2D eigenvalue weighted by Crippen LogP contribution is -2.16. The Morgan fingerprint density at radius 3 is 2.82 bits per heavy atom. The van der Waals surface area contributed by atoms with Gasteiger partial charge in [-0.05, 0) is 31.5 Å². The van der Waals surface area contributed by atoms with Crippen LogP contribution in [0.15, 0.2) is 30.3 Å². The lowest BCUT2D eigenvalue weighted by Gasteiger charge is -2.10. The number of esters is 1. The summed E-state index contributed by atoms with van der Waals surface area (Å²) >= 11 is 0. The van der Waals surface area contributed by atoms with E-state index in [-0.39, 0.29) is 5.97 Å². The predicted molar refractivity (Wildman–Crippen MR) is 66.5 cm³/mol. The van der Waals surface area contributed by atoms with Gasteiger partial charge in [-0.3, -0.25) is 4.79 Å². The van der Waals surface area contributed by atoms with Gasteiger partial charge in [0.2, 0.25) is 0 Å². The van der Waals surface area contributed by atoms with Crippen molar-refractivity contribution in [2.45, 2.75) is 19.4 Å². The number of hydrogen-bond donors (Lipinski definition) is 0. The molecule has 0 spiro atoms. The molecule has 1 saturated heterocycles. The molecular weight excluding hydrogens is 214 g/mol. The number of benzene rings is 1. The van der Waals surface area contributed by atoms with Crippen LogP contribution in [0, 0.1) is 5.92 Å². The summed E-state index contributed by atoms with van der Waals surface area (Å²) in [5.74, 6) is 0.400. The van der Waals surface area contributed by atoms with Crippen LogP contribution in [0.5, 0.6) is 0 Å². The van der Waals surface area contributed by atoms with E-state index in [0.717, 1.165) is 25.1 Å². The molecule has 1 fully saturated rings. The Kier molecular flexibility index (Phi) is 4.15. The Hall–Kier alpha value is -1.35. The maximum Gasteiger partial charge on any atom is 0.306 e. The monoisotopic (exact) mass is 233 g/mol. The molecule has 0 N–H and O–H groups in total. The second kappa shape index (κ2) is 5.82. The highest BCUT2D eigenvalue weighted by molar-refractivity contribution is 5.69. The zero-order valence-electron chi connectivity index (χ0n) is 10.3. The number of nitrogens with zero attached hydrogens (tertiary/aromatic N) is 1. The SMILES string of the molecule is CN1CC[C@@H](CC(=O)OCc2ccccc2)C1. The molecular formula is C14H19NO2. The van der Waals surface area contributed by atoms with Crippen molar-refractivity contribution in [3.05, 3.63) is 35.9 Å². The summed E-state index contributed by atoms with van der Waals surface area (Å²) in [6, 6.07) is 9.80. The Bertz CT molecular complexity index is 364. The fraction of sp³-hybridized carbons (Fsp3) is 0.500. The quantitative estimate of drug-likeness (QED) is 0.746. The van der Waals surface area contributed by atoms with Gasteiger partial charge in [-0.2, -0.15) is 0 Å². The van der Waals surface area contributed by atoms with Crippen LogP contribution < -0.4 is 0 Å². The van der Waals surface area contributed by atoms with Crippen molar-refractivity contribution in [2.75, 3.05) is 20.1 Å². The molecule has 17 heavy (non-hydrogen) atoms. The van der Waals surface area contributed by atoms with E-state index >= 15 is 0 Å². The minimum Gasteiger partial charge on any atom is -0.461 e. The zero-order valence-corrected chi connectivity index (χ0v) is 10.3. The van der Waals surface area contributed by atoms with Gasteiger partial charge < -0.3 is 9.64 Å². The van der Waals surface area contributed by atoms with Gasteiger partial charge in [-0.1, -0.05) is 30.3 Å². The summed E-state index contributed by atoms with van der Waals surface area (Å²) in [6.45, 7) is 2.50. The molecule has 0 aliphatic carbocycles. The zero-order chi connectivity index (χ0) is 12.1. The van der Waals surface area contributed by atoms with Crippen molar-refractivity contribution in [1.29, 1.82) is 0 Å². The molecule has 1 heterocycles. The molecule has 0 radical (unpaired) electrons. The van der Waals surface area contributed by atoms with E-state index in [0.29, 0.717) is 18.9 Å². The van der Waals surface area contributed by atoms with Crippen LogP contribution in [0.3, 0.4) is 0 Å². The molecule has 0 saturated carbocycles. The van der Waals surface area contributed by atoms with E-state index in [9.17, 15) is 4.79 Å². The second-order valence-corrected chi connectivity index (χ2v) is 4.77. The lowest BCUT2D eigenvalue weighted by molar-refractivity contribution is -0.146. The molecule has 1 aliphatic rings. The summed E-state index contributed by atoms with van der Waals surface area (Å²) in [4.78, 5) is 13.9. The summed E-state index contributed by atoms with van der Waals surface area (Å²) in [7, 11) is 2.09. The van der Waals surface area contributed by atoms with Gasteiger partial charge in [0.25, 0.3) is 0 Å². The van der Waals surface area contributed by atoms with Gasteiger partial charge in [-0.15, -0.1) is 0 Å². The fourth-order valence-corrected chi connectivity index (χ4v) is 2.23. The maximum atomic E-state index is 11.6. The molecule has 0 bridgehead atoms. The summed E-state index contributed by atoms with van der Waals surface area (Å²) in [5, 5.41) is 0. The van der Waals surface area contributed by atoms with Crippen LogP contribution in [0.2, 0.25) is 0 Å². The van der Waals surface area contributed by atoms with Crippen molar-refractivity contribution in [3.8, 4) is 0 Å². The third-order valence-corrected chi connectivity index (χ3v) is 3.19. The molecule has 3 heteroatoms. The Morgan fingerprint density at radius 2 is 2.18 bits per heavy atom.